The number of esters is 1. The number of likely N-dealkylation sites (N-methyl/N-ethyl adjacent to an activating group) is 1. The maximum Gasteiger partial charge on any atom is 0.338 e. The van der Waals surface area contributed by atoms with E-state index in [4.69, 9.17) is 14.2 Å². The first kappa shape index (κ1) is 24.2. The normalized spacial score (nSPS) is 24.5. The van der Waals surface area contributed by atoms with Crippen LogP contribution in [-0.2, 0) is 25.5 Å². The number of carbonyl (C=O) groups excluding carboxylic acids is 3. The second-order valence-electron chi connectivity index (χ2n) is 9.16. The molecule has 3 aliphatic heterocycles. The van der Waals surface area contributed by atoms with E-state index in [2.05, 4.69) is 0 Å². The van der Waals surface area contributed by atoms with Crippen molar-refractivity contribution >= 4 is 17.8 Å². The van der Waals surface area contributed by atoms with E-state index in [0.29, 0.717) is 5.57 Å². The van der Waals surface area contributed by atoms with Crippen LogP contribution >= 0.6 is 0 Å². The van der Waals surface area contributed by atoms with Crippen molar-refractivity contribution in [2.45, 2.75) is 37.1 Å². The lowest BCUT2D eigenvalue weighted by Crippen LogP contribution is -2.65. The third-order valence-electron chi connectivity index (χ3n) is 6.98. The predicted molar refractivity (Wildman–Crippen MR) is 130 cm³/mol. The lowest BCUT2D eigenvalue weighted by molar-refractivity contribution is -0.160. The first-order valence-corrected chi connectivity index (χ1v) is 11.7. The quantitative estimate of drug-likeness (QED) is 0.591. The number of hydrogen-bond donors (Lipinski definition) is 2. The van der Waals surface area contributed by atoms with Crippen LogP contribution in [0.4, 0.5) is 0 Å². The summed E-state index contributed by atoms with van der Waals surface area (Å²) < 4.78 is 16.2. The second kappa shape index (κ2) is 9.53. The lowest BCUT2D eigenvalue weighted by Gasteiger charge is -2.43. The van der Waals surface area contributed by atoms with E-state index in [1.54, 1.807) is 19.2 Å². The maximum atomic E-state index is 13.8. The lowest BCUT2D eigenvalue weighted by atomic mass is 9.98. The Morgan fingerprint density at radius 2 is 1.86 bits per heavy atom. The monoisotopic (exact) mass is 506 g/mol. The highest BCUT2D eigenvalue weighted by molar-refractivity contribution is 5.98. The number of amides is 2. The van der Waals surface area contributed by atoms with Crippen molar-refractivity contribution in [1.82, 2.24) is 9.80 Å². The van der Waals surface area contributed by atoms with Crippen LogP contribution in [0.5, 0.6) is 17.2 Å². The maximum absolute atomic E-state index is 13.8. The summed E-state index contributed by atoms with van der Waals surface area (Å²) in [5, 5.41) is 19.7. The average molecular weight is 507 g/mol. The summed E-state index contributed by atoms with van der Waals surface area (Å²) in [6.07, 6.45) is 3.98. The van der Waals surface area contributed by atoms with E-state index >= 15 is 0 Å². The van der Waals surface area contributed by atoms with Crippen molar-refractivity contribution in [1.29, 1.82) is 0 Å². The molecular weight excluding hydrogens is 480 g/mol. The molecule has 0 aliphatic carbocycles. The molecule has 10 heteroatoms. The van der Waals surface area contributed by atoms with Crippen LogP contribution in [0.2, 0.25) is 0 Å². The zero-order valence-corrected chi connectivity index (χ0v) is 20.2. The van der Waals surface area contributed by atoms with Gasteiger partial charge in [0.1, 0.15) is 23.9 Å². The van der Waals surface area contributed by atoms with E-state index in [1.807, 2.05) is 0 Å². The van der Waals surface area contributed by atoms with E-state index < -0.39 is 30.2 Å². The third-order valence-corrected chi connectivity index (χ3v) is 6.98. The highest BCUT2D eigenvalue weighted by Gasteiger charge is 2.55. The van der Waals surface area contributed by atoms with Gasteiger partial charge in [-0.05, 0) is 47.5 Å². The fourth-order valence-electron chi connectivity index (χ4n) is 5.07. The van der Waals surface area contributed by atoms with Crippen LogP contribution in [-0.4, -0.2) is 76.2 Å². The number of methoxy groups -OCH3 is 1. The number of carbonyl (C=O) groups is 3. The summed E-state index contributed by atoms with van der Waals surface area (Å²) in [7, 11) is 3.01. The number of hydrogen-bond acceptors (Lipinski definition) is 8. The smallest absolute Gasteiger partial charge is 0.338 e. The van der Waals surface area contributed by atoms with Gasteiger partial charge in [0.2, 0.25) is 11.8 Å². The molecule has 3 aliphatic rings. The molecule has 4 atom stereocenters. The van der Waals surface area contributed by atoms with Gasteiger partial charge in [-0.3, -0.25) is 9.59 Å². The molecule has 0 aromatic heterocycles. The standard InChI is InChI=1S/C27H26N2O8/c1-28-19(11-15-3-6-18(30)7-4-15)26(33)29-20(25(28)32)12-17-14-36-10-9-23(24(17)29)37-27(34)16-5-8-22(35-2)21(31)13-16/h3-10,13-14,19-20,23-24,30-31H,11-12H2,1-2H3/t19?,20?,23-,24-/m0/s1. The first-order valence-electron chi connectivity index (χ1n) is 11.7. The van der Waals surface area contributed by atoms with Gasteiger partial charge in [-0.15, -0.1) is 0 Å². The molecular formula is C27H26N2O8. The molecule has 0 bridgehead atoms. The summed E-state index contributed by atoms with van der Waals surface area (Å²) in [6, 6.07) is 8.39. The van der Waals surface area contributed by atoms with Crippen LogP contribution in [0.25, 0.3) is 0 Å². The Balaban J connectivity index is 1.43. The Bertz CT molecular complexity index is 1300. The number of nitrogens with zero attached hydrogens (tertiary/aromatic N) is 2. The van der Waals surface area contributed by atoms with Gasteiger partial charge in [0, 0.05) is 19.9 Å². The van der Waals surface area contributed by atoms with Gasteiger partial charge in [-0.25, -0.2) is 4.79 Å². The van der Waals surface area contributed by atoms with E-state index in [0.717, 1.165) is 5.56 Å². The molecule has 2 aromatic rings. The number of benzene rings is 2. The van der Waals surface area contributed by atoms with Crippen molar-refractivity contribution in [3.63, 3.8) is 0 Å². The molecule has 5 rings (SSSR count). The zero-order valence-electron chi connectivity index (χ0n) is 20.2. The zero-order chi connectivity index (χ0) is 26.3. The second-order valence-corrected chi connectivity index (χ2v) is 9.16. The highest BCUT2D eigenvalue weighted by atomic mass is 16.5. The molecule has 0 spiro atoms. The fraction of sp³-hybridized carbons (Fsp3) is 0.296. The van der Waals surface area contributed by atoms with Gasteiger partial charge in [0.15, 0.2) is 11.5 Å². The Kier molecular flexibility index (Phi) is 6.24. The SMILES string of the molecule is COc1ccc(C(=O)O[C@H]2C=COC=C3CC4C(=O)N(C)C(Cc5ccc(O)cc5)C(=O)N4[C@@H]32)cc1O. The van der Waals surface area contributed by atoms with E-state index in [1.165, 1.54) is 65.8 Å². The topological polar surface area (TPSA) is 126 Å². The fourth-order valence-corrected chi connectivity index (χ4v) is 5.07. The first-order chi connectivity index (χ1) is 17.8. The van der Waals surface area contributed by atoms with Crippen molar-refractivity contribution < 1.29 is 38.8 Å². The van der Waals surface area contributed by atoms with Crippen LogP contribution in [0, 0.1) is 0 Å². The highest BCUT2D eigenvalue weighted by Crippen LogP contribution is 2.39. The number of aromatic hydroxyl groups is 2. The van der Waals surface area contributed by atoms with E-state index in [-0.39, 0.29) is 47.5 Å². The molecule has 10 nitrogen and oxygen atoms in total. The summed E-state index contributed by atoms with van der Waals surface area (Å²) in [5.74, 6) is -1.10. The summed E-state index contributed by atoms with van der Waals surface area (Å²) in [4.78, 5) is 43.1. The van der Waals surface area contributed by atoms with Gasteiger partial charge in [-0.1, -0.05) is 12.1 Å². The molecule has 0 saturated carbocycles. The van der Waals surface area contributed by atoms with Gasteiger partial charge in [0.25, 0.3) is 0 Å². The summed E-state index contributed by atoms with van der Waals surface area (Å²) in [5.41, 5.74) is 1.55. The largest absolute Gasteiger partial charge is 0.508 e. The summed E-state index contributed by atoms with van der Waals surface area (Å²) >= 11 is 0. The van der Waals surface area contributed by atoms with Crippen molar-refractivity contribution in [2.24, 2.45) is 0 Å². The summed E-state index contributed by atoms with van der Waals surface area (Å²) in [6.45, 7) is 0. The minimum atomic E-state index is -0.926. The minimum Gasteiger partial charge on any atom is -0.508 e. The third kappa shape index (κ3) is 4.35. The molecule has 37 heavy (non-hydrogen) atoms. The molecule has 3 heterocycles. The van der Waals surface area contributed by atoms with Gasteiger partial charge < -0.3 is 34.2 Å². The van der Waals surface area contributed by atoms with Crippen LogP contribution in [0.15, 0.2) is 66.6 Å². The molecule has 2 N–H and O–H groups in total. The van der Waals surface area contributed by atoms with Gasteiger partial charge in [0.05, 0.1) is 31.2 Å². The molecule has 2 unspecified atom stereocenters. The van der Waals surface area contributed by atoms with Crippen molar-refractivity contribution in [2.75, 3.05) is 14.2 Å². The Hall–Kier alpha value is -4.47. The molecule has 2 fully saturated rings. The van der Waals surface area contributed by atoms with Crippen LogP contribution in [0.3, 0.4) is 0 Å². The van der Waals surface area contributed by atoms with Crippen LogP contribution in [0.1, 0.15) is 22.3 Å². The van der Waals surface area contributed by atoms with Crippen molar-refractivity contribution in [3.8, 4) is 17.2 Å². The molecule has 2 aromatic carbocycles. The number of rotatable bonds is 5. The molecule has 2 amide bonds. The predicted octanol–water partition coefficient (Wildman–Crippen LogP) is 2.11. The number of ether oxygens (including phenoxy) is 3. The van der Waals surface area contributed by atoms with Crippen LogP contribution < -0.4 is 4.74 Å². The average Bonchev–Trinajstić information content (AvgIpc) is 3.17. The van der Waals surface area contributed by atoms with E-state index in [9.17, 15) is 24.6 Å². The number of phenols is 2. The van der Waals surface area contributed by atoms with Crippen molar-refractivity contribution in [3.05, 3.63) is 77.8 Å². The van der Waals surface area contributed by atoms with Gasteiger partial charge in [-0.2, -0.15) is 0 Å². The Morgan fingerprint density at radius 1 is 1.11 bits per heavy atom. The number of fused-ring (bicyclic) bond motifs is 3. The molecule has 192 valence electrons. The molecule has 2 saturated heterocycles. The Labute approximate surface area is 212 Å². The number of piperazine rings is 1. The minimum absolute atomic E-state index is 0.0999. The number of phenolic OH excluding ortho intramolecular Hbond substituents is 2. The van der Waals surface area contributed by atoms with Gasteiger partial charge >= 0.3 is 5.97 Å². The Morgan fingerprint density at radius 3 is 2.57 bits per heavy atom. The molecule has 0 radical (unpaired) electrons.